The van der Waals surface area contributed by atoms with Crippen molar-refractivity contribution in [2.24, 2.45) is 5.73 Å². The summed E-state index contributed by atoms with van der Waals surface area (Å²) in [6, 6.07) is 3.22. The average Bonchev–Trinajstić information content (AvgIpc) is 2.51. The standard InChI is InChI=1S/C18H22N2O4/c1-20-7-6-17-9-11(21)4-5-18(17,24)13(20)8-10-2-3-12(16(19)23)15(22)14(10)17/h2-5,11,13,21-22,24H,6-9H2,1H3,(H2,19,23)/t11?,13-,17-,18-/m1/s1. The normalized spacial score (nSPS) is 37.6. The maximum Gasteiger partial charge on any atom is 0.252 e. The Morgan fingerprint density at radius 1 is 1.42 bits per heavy atom. The maximum absolute atomic E-state index is 11.7. The van der Waals surface area contributed by atoms with E-state index in [0.717, 1.165) is 12.1 Å². The number of nitrogens with two attached hydrogens (primary N) is 1. The number of benzene rings is 1. The first-order valence-corrected chi connectivity index (χ1v) is 8.25. The number of primary amides is 1. The summed E-state index contributed by atoms with van der Waals surface area (Å²) in [7, 11) is 1.98. The third-order valence-corrected chi connectivity index (χ3v) is 6.25. The van der Waals surface area contributed by atoms with Crippen molar-refractivity contribution in [1.82, 2.24) is 4.90 Å². The van der Waals surface area contributed by atoms with E-state index in [1.807, 2.05) is 13.1 Å². The second-order valence-corrected chi connectivity index (χ2v) is 7.35. The molecule has 1 amide bonds. The van der Waals surface area contributed by atoms with Crippen LogP contribution >= 0.6 is 0 Å². The van der Waals surface area contributed by atoms with Gasteiger partial charge < -0.3 is 21.1 Å². The topological polar surface area (TPSA) is 107 Å². The minimum absolute atomic E-state index is 0.0619. The molecule has 0 saturated carbocycles. The predicted octanol–water partition coefficient (Wildman–Crippen LogP) is 0.0410. The second-order valence-electron chi connectivity index (χ2n) is 7.35. The molecule has 6 heteroatoms. The number of fused-ring (bicyclic) bond motifs is 1. The number of aromatic hydroxyl groups is 1. The molecule has 4 rings (SSSR count). The van der Waals surface area contributed by atoms with Crippen LogP contribution in [0.5, 0.6) is 5.75 Å². The molecule has 3 aliphatic rings. The molecule has 1 unspecified atom stereocenters. The highest BCUT2D eigenvalue weighted by Gasteiger charge is 2.63. The van der Waals surface area contributed by atoms with Gasteiger partial charge in [-0.05, 0) is 44.5 Å². The van der Waals surface area contributed by atoms with E-state index in [1.54, 1.807) is 18.2 Å². The molecule has 6 nitrogen and oxygen atoms in total. The van der Waals surface area contributed by atoms with E-state index in [2.05, 4.69) is 4.90 Å². The lowest BCUT2D eigenvalue weighted by atomic mass is 9.50. The number of hydrogen-bond donors (Lipinski definition) is 4. The van der Waals surface area contributed by atoms with Gasteiger partial charge in [0.05, 0.1) is 11.7 Å². The molecule has 2 aliphatic carbocycles. The van der Waals surface area contributed by atoms with Crippen LogP contribution in [0.4, 0.5) is 0 Å². The molecular formula is C18H22N2O4. The van der Waals surface area contributed by atoms with Gasteiger partial charge in [-0.25, -0.2) is 0 Å². The van der Waals surface area contributed by atoms with Crippen molar-refractivity contribution in [3.63, 3.8) is 0 Å². The van der Waals surface area contributed by atoms with E-state index >= 15 is 0 Å². The molecule has 1 aromatic rings. The minimum Gasteiger partial charge on any atom is -0.507 e. The minimum atomic E-state index is -1.19. The molecule has 128 valence electrons. The average molecular weight is 330 g/mol. The number of aliphatic hydroxyl groups is 2. The lowest BCUT2D eigenvalue weighted by Gasteiger charge is -2.62. The quantitative estimate of drug-likeness (QED) is 0.544. The maximum atomic E-state index is 11.7. The van der Waals surface area contributed by atoms with Crippen molar-refractivity contribution in [2.45, 2.75) is 42.4 Å². The summed E-state index contributed by atoms with van der Waals surface area (Å²) < 4.78 is 0. The predicted molar refractivity (Wildman–Crippen MR) is 87.8 cm³/mol. The summed E-state index contributed by atoms with van der Waals surface area (Å²) in [5.74, 6) is -0.846. The Morgan fingerprint density at radius 2 is 2.17 bits per heavy atom. The number of carbonyl (C=O) groups is 1. The summed E-state index contributed by atoms with van der Waals surface area (Å²) in [6.07, 6.45) is 4.08. The SMILES string of the molecule is CN1CC[C@]23CC(O)C=C[C@@]2(O)[C@H]1Cc1ccc(C(N)=O)c(O)c13. The third-order valence-electron chi connectivity index (χ3n) is 6.25. The van der Waals surface area contributed by atoms with Gasteiger partial charge in [0.25, 0.3) is 5.91 Å². The molecule has 24 heavy (non-hydrogen) atoms. The fraction of sp³-hybridized carbons (Fsp3) is 0.500. The molecule has 4 atom stereocenters. The van der Waals surface area contributed by atoms with Crippen molar-refractivity contribution in [3.8, 4) is 5.75 Å². The Morgan fingerprint density at radius 3 is 2.88 bits per heavy atom. The van der Waals surface area contributed by atoms with Gasteiger partial charge in [-0.2, -0.15) is 0 Å². The Hall–Kier alpha value is -1.89. The second kappa shape index (κ2) is 4.81. The molecule has 0 spiro atoms. The lowest BCUT2D eigenvalue weighted by molar-refractivity contribution is -0.124. The van der Waals surface area contributed by atoms with Gasteiger partial charge in [-0.1, -0.05) is 18.2 Å². The van der Waals surface area contributed by atoms with Gasteiger partial charge in [0.2, 0.25) is 0 Å². The Balaban J connectivity index is 2.04. The summed E-state index contributed by atoms with van der Waals surface area (Å²) in [4.78, 5) is 13.8. The number of hydrogen-bond acceptors (Lipinski definition) is 5. The molecule has 1 saturated heterocycles. The van der Waals surface area contributed by atoms with E-state index in [9.17, 15) is 20.1 Å². The zero-order valence-corrected chi connectivity index (χ0v) is 13.6. The van der Waals surface area contributed by atoms with Crippen molar-refractivity contribution >= 4 is 5.91 Å². The summed E-state index contributed by atoms with van der Waals surface area (Å²) >= 11 is 0. The van der Waals surface area contributed by atoms with Crippen molar-refractivity contribution in [1.29, 1.82) is 0 Å². The summed E-state index contributed by atoms with van der Waals surface area (Å²) in [5, 5.41) is 32.6. The van der Waals surface area contributed by atoms with Gasteiger partial charge in [-0.3, -0.25) is 9.69 Å². The number of likely N-dealkylation sites (N-methyl/N-ethyl adjacent to an activating group) is 1. The number of piperidine rings is 1. The zero-order chi connectivity index (χ0) is 17.3. The molecule has 0 radical (unpaired) electrons. The fourth-order valence-corrected chi connectivity index (χ4v) is 5.08. The van der Waals surface area contributed by atoms with Crippen molar-refractivity contribution in [3.05, 3.63) is 41.0 Å². The molecule has 2 bridgehead atoms. The van der Waals surface area contributed by atoms with Gasteiger partial charge >= 0.3 is 0 Å². The first kappa shape index (κ1) is 15.6. The number of nitrogens with zero attached hydrogens (tertiary/aromatic N) is 1. The highest BCUT2D eigenvalue weighted by atomic mass is 16.3. The highest BCUT2D eigenvalue weighted by molar-refractivity contribution is 5.96. The molecule has 1 aliphatic heterocycles. The number of rotatable bonds is 1. The molecule has 1 aromatic carbocycles. The first-order chi connectivity index (χ1) is 11.3. The van der Waals surface area contributed by atoms with Crippen LogP contribution in [0.3, 0.4) is 0 Å². The Kier molecular flexibility index (Phi) is 3.13. The van der Waals surface area contributed by atoms with E-state index in [4.69, 9.17) is 5.73 Å². The van der Waals surface area contributed by atoms with Crippen LogP contribution in [-0.4, -0.2) is 57.5 Å². The van der Waals surface area contributed by atoms with E-state index in [1.165, 1.54) is 0 Å². The van der Waals surface area contributed by atoms with Crippen LogP contribution in [0, 0.1) is 0 Å². The van der Waals surface area contributed by atoms with Gasteiger partial charge in [-0.15, -0.1) is 0 Å². The number of aliphatic hydroxyl groups excluding tert-OH is 1. The van der Waals surface area contributed by atoms with Crippen LogP contribution < -0.4 is 5.73 Å². The number of phenols is 1. The van der Waals surface area contributed by atoms with Crippen LogP contribution in [0.25, 0.3) is 0 Å². The number of amides is 1. The third kappa shape index (κ3) is 1.73. The number of carbonyl (C=O) groups excluding carboxylic acids is 1. The Labute approximate surface area is 140 Å². The Bertz CT molecular complexity index is 762. The molecule has 1 heterocycles. The summed E-state index contributed by atoms with van der Waals surface area (Å²) in [5.41, 5.74) is 4.92. The van der Waals surface area contributed by atoms with Gasteiger partial charge in [0.15, 0.2) is 0 Å². The van der Waals surface area contributed by atoms with Gasteiger partial charge in [0, 0.05) is 17.0 Å². The largest absolute Gasteiger partial charge is 0.507 e. The summed E-state index contributed by atoms with van der Waals surface area (Å²) in [6.45, 7) is 0.743. The van der Waals surface area contributed by atoms with Gasteiger partial charge in [0.1, 0.15) is 11.4 Å². The van der Waals surface area contributed by atoms with E-state index in [-0.39, 0.29) is 17.4 Å². The zero-order valence-electron chi connectivity index (χ0n) is 13.6. The van der Waals surface area contributed by atoms with E-state index < -0.39 is 23.0 Å². The van der Waals surface area contributed by atoms with Crippen molar-refractivity contribution < 1.29 is 20.1 Å². The molecule has 0 aromatic heterocycles. The number of likely N-dealkylation sites (tertiary alicyclic amines) is 1. The van der Waals surface area contributed by atoms with Crippen LogP contribution in [0.1, 0.15) is 34.3 Å². The molecule has 5 N–H and O–H groups in total. The first-order valence-electron chi connectivity index (χ1n) is 8.25. The van der Waals surface area contributed by atoms with Crippen LogP contribution in [-0.2, 0) is 11.8 Å². The molecule has 1 fully saturated rings. The molecular weight excluding hydrogens is 308 g/mol. The van der Waals surface area contributed by atoms with Crippen molar-refractivity contribution in [2.75, 3.05) is 13.6 Å². The smallest absolute Gasteiger partial charge is 0.252 e. The van der Waals surface area contributed by atoms with E-state index in [0.29, 0.717) is 24.8 Å². The van der Waals surface area contributed by atoms with Crippen LogP contribution in [0.15, 0.2) is 24.3 Å². The lowest BCUT2D eigenvalue weighted by Crippen LogP contribution is -2.71. The van der Waals surface area contributed by atoms with Crippen LogP contribution in [0.2, 0.25) is 0 Å². The fourth-order valence-electron chi connectivity index (χ4n) is 5.08. The highest BCUT2D eigenvalue weighted by Crippen LogP contribution is 2.58. The monoisotopic (exact) mass is 330 g/mol.